The van der Waals surface area contributed by atoms with Gasteiger partial charge in [0.05, 0.1) is 0 Å². The maximum absolute atomic E-state index is 4.39. The summed E-state index contributed by atoms with van der Waals surface area (Å²) >= 11 is 0. The molecule has 2 atom stereocenters. The van der Waals surface area contributed by atoms with Crippen molar-refractivity contribution in [2.24, 2.45) is 5.92 Å². The summed E-state index contributed by atoms with van der Waals surface area (Å²) < 4.78 is 0. The number of fused-ring (bicyclic) bond motifs is 2. The second kappa shape index (κ2) is 3.33. The van der Waals surface area contributed by atoms with Crippen molar-refractivity contribution in [3.8, 4) is 0 Å². The van der Waals surface area contributed by atoms with E-state index >= 15 is 0 Å². The van der Waals surface area contributed by atoms with E-state index in [1.54, 1.807) is 6.08 Å². The predicted molar refractivity (Wildman–Crippen MR) is 60.6 cm³/mol. The van der Waals surface area contributed by atoms with Gasteiger partial charge in [-0.05, 0) is 25.2 Å². The van der Waals surface area contributed by atoms with Crippen LogP contribution in [0.25, 0.3) is 6.08 Å². The Hall–Kier alpha value is -1.38. The topological polar surface area (TPSA) is 29.0 Å². The summed E-state index contributed by atoms with van der Waals surface area (Å²) in [6.07, 6.45) is 9.53. The molecular formula is C12H15N3. The van der Waals surface area contributed by atoms with Crippen LogP contribution in [0.15, 0.2) is 19.0 Å². The highest BCUT2D eigenvalue weighted by Crippen LogP contribution is 2.38. The first kappa shape index (κ1) is 8.89. The van der Waals surface area contributed by atoms with Crippen LogP contribution in [-0.4, -0.2) is 22.6 Å². The molecular weight excluding hydrogens is 186 g/mol. The molecule has 2 fully saturated rings. The number of nitrogens with zero attached hydrogens (tertiary/aromatic N) is 3. The smallest absolute Gasteiger partial charge is 0.225 e. The molecule has 3 heteroatoms. The van der Waals surface area contributed by atoms with Gasteiger partial charge in [0.15, 0.2) is 0 Å². The number of rotatable bonds is 2. The van der Waals surface area contributed by atoms with E-state index in [1.807, 2.05) is 12.4 Å². The van der Waals surface area contributed by atoms with Crippen molar-refractivity contribution in [1.82, 2.24) is 9.97 Å². The Morgan fingerprint density at radius 2 is 2.13 bits per heavy atom. The summed E-state index contributed by atoms with van der Waals surface area (Å²) in [6.45, 7) is 4.85. The Morgan fingerprint density at radius 3 is 2.67 bits per heavy atom. The fourth-order valence-corrected chi connectivity index (χ4v) is 2.75. The minimum Gasteiger partial charge on any atom is -0.338 e. The lowest BCUT2D eigenvalue weighted by Gasteiger charge is -2.26. The fourth-order valence-electron chi connectivity index (χ4n) is 2.75. The molecule has 1 aromatic rings. The van der Waals surface area contributed by atoms with E-state index in [0.29, 0.717) is 6.04 Å². The summed E-state index contributed by atoms with van der Waals surface area (Å²) in [5.41, 5.74) is 0.989. The van der Waals surface area contributed by atoms with Crippen molar-refractivity contribution < 1.29 is 0 Å². The van der Waals surface area contributed by atoms with E-state index in [0.717, 1.165) is 24.0 Å². The van der Waals surface area contributed by atoms with Gasteiger partial charge in [0.1, 0.15) is 0 Å². The SMILES string of the molecule is C=Cc1cnc(N2C[C@H]3CC[C@@H]2C3)nc1. The van der Waals surface area contributed by atoms with Crippen molar-refractivity contribution in [2.75, 3.05) is 11.4 Å². The average molecular weight is 201 g/mol. The molecule has 0 spiro atoms. The van der Waals surface area contributed by atoms with Gasteiger partial charge < -0.3 is 4.90 Å². The van der Waals surface area contributed by atoms with Crippen molar-refractivity contribution in [3.05, 3.63) is 24.5 Å². The van der Waals surface area contributed by atoms with Gasteiger partial charge in [0, 0.05) is 30.5 Å². The summed E-state index contributed by atoms with van der Waals surface area (Å²) in [4.78, 5) is 11.1. The molecule has 0 aromatic carbocycles. The largest absolute Gasteiger partial charge is 0.338 e. The quantitative estimate of drug-likeness (QED) is 0.733. The standard InChI is InChI=1S/C12H15N3/c1-2-9-6-13-12(14-7-9)15-8-10-3-4-11(15)5-10/h2,6-7,10-11H,1,3-5,8H2/t10-,11+/m0/s1. The van der Waals surface area contributed by atoms with E-state index in [2.05, 4.69) is 21.4 Å². The Balaban J connectivity index is 1.84. The lowest BCUT2D eigenvalue weighted by molar-refractivity contribution is 0.546. The molecule has 15 heavy (non-hydrogen) atoms. The molecule has 2 bridgehead atoms. The predicted octanol–water partition coefficient (Wildman–Crippen LogP) is 2.11. The first-order valence-corrected chi connectivity index (χ1v) is 5.58. The summed E-state index contributed by atoms with van der Waals surface area (Å²) in [5.74, 6) is 1.78. The van der Waals surface area contributed by atoms with Crippen LogP contribution in [0.3, 0.4) is 0 Å². The zero-order valence-electron chi connectivity index (χ0n) is 8.76. The molecule has 78 valence electrons. The minimum atomic E-state index is 0.699. The van der Waals surface area contributed by atoms with Gasteiger partial charge in [-0.25, -0.2) is 9.97 Å². The molecule has 3 rings (SSSR count). The van der Waals surface area contributed by atoms with E-state index < -0.39 is 0 Å². The molecule has 0 unspecified atom stereocenters. The van der Waals surface area contributed by atoms with Crippen molar-refractivity contribution in [2.45, 2.75) is 25.3 Å². The van der Waals surface area contributed by atoms with Gasteiger partial charge >= 0.3 is 0 Å². The number of aromatic nitrogens is 2. The van der Waals surface area contributed by atoms with Gasteiger partial charge in [0.25, 0.3) is 0 Å². The third kappa shape index (κ3) is 1.42. The average Bonchev–Trinajstić information content (AvgIpc) is 2.91. The number of piperidine rings is 1. The Bertz CT molecular complexity index is 371. The molecule has 1 saturated heterocycles. The minimum absolute atomic E-state index is 0.699. The highest BCUT2D eigenvalue weighted by Gasteiger charge is 2.38. The van der Waals surface area contributed by atoms with Crippen LogP contribution in [-0.2, 0) is 0 Å². The van der Waals surface area contributed by atoms with Crippen molar-refractivity contribution >= 4 is 12.0 Å². The third-order valence-electron chi connectivity index (χ3n) is 3.56. The molecule has 1 aromatic heterocycles. The van der Waals surface area contributed by atoms with E-state index in [1.165, 1.54) is 19.3 Å². The highest BCUT2D eigenvalue weighted by atomic mass is 15.3. The van der Waals surface area contributed by atoms with Gasteiger partial charge in [-0.3, -0.25) is 0 Å². The van der Waals surface area contributed by atoms with Gasteiger partial charge in [0.2, 0.25) is 5.95 Å². The maximum Gasteiger partial charge on any atom is 0.225 e. The van der Waals surface area contributed by atoms with Crippen LogP contribution < -0.4 is 4.90 Å². The fraction of sp³-hybridized carbons (Fsp3) is 0.500. The Morgan fingerprint density at radius 1 is 1.33 bits per heavy atom. The maximum atomic E-state index is 4.39. The Kier molecular flexibility index (Phi) is 1.97. The molecule has 0 radical (unpaired) electrons. The van der Waals surface area contributed by atoms with Crippen LogP contribution in [0.1, 0.15) is 24.8 Å². The van der Waals surface area contributed by atoms with Crippen molar-refractivity contribution in [1.29, 1.82) is 0 Å². The van der Waals surface area contributed by atoms with E-state index in [4.69, 9.17) is 0 Å². The van der Waals surface area contributed by atoms with Crippen molar-refractivity contribution in [3.63, 3.8) is 0 Å². The summed E-state index contributed by atoms with van der Waals surface area (Å²) in [6, 6.07) is 0.699. The molecule has 0 N–H and O–H groups in total. The molecule has 1 aliphatic heterocycles. The molecule has 2 aliphatic rings. The summed E-state index contributed by atoms with van der Waals surface area (Å²) in [7, 11) is 0. The lowest BCUT2D eigenvalue weighted by atomic mass is 10.1. The first-order valence-electron chi connectivity index (χ1n) is 5.58. The number of hydrogen-bond donors (Lipinski definition) is 0. The van der Waals surface area contributed by atoms with E-state index in [-0.39, 0.29) is 0 Å². The third-order valence-corrected chi connectivity index (χ3v) is 3.56. The van der Waals surface area contributed by atoms with Crippen LogP contribution in [0.2, 0.25) is 0 Å². The molecule has 3 nitrogen and oxygen atoms in total. The monoisotopic (exact) mass is 201 g/mol. The van der Waals surface area contributed by atoms with Crippen LogP contribution >= 0.6 is 0 Å². The van der Waals surface area contributed by atoms with Crippen LogP contribution in [0, 0.1) is 5.92 Å². The molecule has 0 amide bonds. The summed E-state index contributed by atoms with van der Waals surface area (Å²) in [5, 5.41) is 0. The number of hydrogen-bond acceptors (Lipinski definition) is 3. The number of anilines is 1. The molecule has 1 aliphatic carbocycles. The van der Waals surface area contributed by atoms with Crippen LogP contribution in [0.4, 0.5) is 5.95 Å². The molecule has 1 saturated carbocycles. The van der Waals surface area contributed by atoms with Crippen LogP contribution in [0.5, 0.6) is 0 Å². The first-order chi connectivity index (χ1) is 7.36. The van der Waals surface area contributed by atoms with Gasteiger partial charge in [-0.15, -0.1) is 0 Å². The zero-order valence-corrected chi connectivity index (χ0v) is 8.76. The highest BCUT2D eigenvalue weighted by molar-refractivity contribution is 5.46. The van der Waals surface area contributed by atoms with Gasteiger partial charge in [-0.1, -0.05) is 12.7 Å². The van der Waals surface area contributed by atoms with Gasteiger partial charge in [-0.2, -0.15) is 0 Å². The molecule has 2 heterocycles. The lowest BCUT2D eigenvalue weighted by Crippen LogP contribution is -2.33. The normalized spacial score (nSPS) is 28.4. The second-order valence-electron chi connectivity index (χ2n) is 4.51. The Labute approximate surface area is 89.8 Å². The second-order valence-corrected chi connectivity index (χ2v) is 4.51. The zero-order chi connectivity index (χ0) is 10.3. The van der Waals surface area contributed by atoms with E-state index in [9.17, 15) is 0 Å².